The van der Waals surface area contributed by atoms with Crippen molar-refractivity contribution in [3.63, 3.8) is 0 Å². The van der Waals surface area contributed by atoms with Gasteiger partial charge in [-0.3, -0.25) is 4.79 Å². The van der Waals surface area contributed by atoms with Crippen LogP contribution in [0.1, 0.15) is 20.8 Å². The monoisotopic (exact) mass is 337 g/mol. The molecular formula is C14H12BrNO2S. The number of carbonyl (C=O) groups is 1. The predicted molar refractivity (Wildman–Crippen MR) is 78.6 cm³/mol. The summed E-state index contributed by atoms with van der Waals surface area (Å²) in [5.74, 6) is -0.0858. The van der Waals surface area contributed by atoms with E-state index in [1.54, 1.807) is 34.4 Å². The Labute approximate surface area is 123 Å². The number of benzene rings is 1. The molecule has 0 saturated heterocycles. The molecule has 0 unspecified atom stereocenters. The molecule has 19 heavy (non-hydrogen) atoms. The molecule has 0 aliphatic carbocycles. The summed E-state index contributed by atoms with van der Waals surface area (Å²) in [7, 11) is 0. The van der Waals surface area contributed by atoms with E-state index in [-0.39, 0.29) is 11.7 Å². The molecule has 3 nitrogen and oxygen atoms in total. The van der Waals surface area contributed by atoms with E-state index in [1.807, 2.05) is 0 Å². The van der Waals surface area contributed by atoms with Gasteiger partial charge in [0.05, 0.1) is 5.56 Å². The average Bonchev–Trinajstić information content (AvgIpc) is 2.85. The van der Waals surface area contributed by atoms with Gasteiger partial charge in [-0.1, -0.05) is 15.9 Å². The lowest BCUT2D eigenvalue weighted by molar-refractivity contribution is 0.0733. The minimum Gasteiger partial charge on any atom is -0.507 e. The van der Waals surface area contributed by atoms with Gasteiger partial charge in [0.2, 0.25) is 0 Å². The van der Waals surface area contributed by atoms with Gasteiger partial charge in [-0.15, -0.1) is 11.3 Å². The van der Waals surface area contributed by atoms with Crippen LogP contribution in [0.2, 0.25) is 0 Å². The third-order valence-corrected chi connectivity index (χ3v) is 4.80. The standard InChI is InChI=1S/C14H12BrNO2S/c15-10-1-2-11(12(17)7-10)14(18)16-5-3-13-9(8-16)4-6-19-13/h1-2,4,6-7,17H,3,5,8H2. The van der Waals surface area contributed by atoms with Gasteiger partial charge in [-0.05, 0) is 41.6 Å². The Balaban J connectivity index is 1.85. The number of phenols is 1. The van der Waals surface area contributed by atoms with E-state index in [1.165, 1.54) is 10.4 Å². The molecule has 0 atom stereocenters. The zero-order valence-corrected chi connectivity index (χ0v) is 12.5. The van der Waals surface area contributed by atoms with Gasteiger partial charge < -0.3 is 10.0 Å². The van der Waals surface area contributed by atoms with E-state index in [4.69, 9.17) is 0 Å². The number of aromatic hydroxyl groups is 1. The van der Waals surface area contributed by atoms with Gasteiger partial charge in [-0.25, -0.2) is 0 Å². The van der Waals surface area contributed by atoms with E-state index < -0.39 is 0 Å². The minimum absolute atomic E-state index is 0.0236. The summed E-state index contributed by atoms with van der Waals surface area (Å²) in [6.07, 6.45) is 0.899. The van der Waals surface area contributed by atoms with Crippen molar-refractivity contribution in [1.82, 2.24) is 4.90 Å². The number of phenolic OH excluding ortho intramolecular Hbond substituents is 1. The molecule has 2 heterocycles. The Morgan fingerprint density at radius 2 is 2.21 bits per heavy atom. The first kappa shape index (κ1) is 12.7. The topological polar surface area (TPSA) is 40.5 Å². The molecule has 1 aromatic heterocycles. The molecule has 2 aromatic rings. The number of halogens is 1. The molecule has 1 aliphatic rings. The third-order valence-electron chi connectivity index (χ3n) is 3.29. The average molecular weight is 338 g/mol. The summed E-state index contributed by atoms with van der Waals surface area (Å²) in [4.78, 5) is 15.6. The van der Waals surface area contributed by atoms with Crippen LogP contribution in [0.3, 0.4) is 0 Å². The SMILES string of the molecule is O=C(c1ccc(Br)cc1O)N1CCc2sccc2C1. The lowest BCUT2D eigenvalue weighted by atomic mass is 10.1. The molecule has 0 spiro atoms. The molecule has 1 amide bonds. The normalized spacial score (nSPS) is 14.3. The third kappa shape index (κ3) is 2.40. The van der Waals surface area contributed by atoms with Crippen LogP contribution in [0, 0.1) is 0 Å². The van der Waals surface area contributed by atoms with Crippen LogP contribution in [0.25, 0.3) is 0 Å². The quantitative estimate of drug-likeness (QED) is 0.866. The summed E-state index contributed by atoms with van der Waals surface area (Å²) in [6, 6.07) is 7.05. The fourth-order valence-corrected chi connectivity index (χ4v) is 3.52. The Morgan fingerprint density at radius 3 is 3.00 bits per heavy atom. The molecule has 98 valence electrons. The van der Waals surface area contributed by atoms with Crippen LogP contribution >= 0.6 is 27.3 Å². The van der Waals surface area contributed by atoms with Crippen LogP contribution < -0.4 is 0 Å². The molecule has 1 aromatic carbocycles. The Hall–Kier alpha value is -1.33. The second kappa shape index (κ2) is 4.98. The van der Waals surface area contributed by atoms with Crippen LogP contribution in [0.15, 0.2) is 34.1 Å². The van der Waals surface area contributed by atoms with E-state index in [0.29, 0.717) is 18.7 Å². The van der Waals surface area contributed by atoms with Gasteiger partial charge in [0.1, 0.15) is 5.75 Å². The number of rotatable bonds is 1. The van der Waals surface area contributed by atoms with Crippen molar-refractivity contribution in [2.45, 2.75) is 13.0 Å². The lowest BCUT2D eigenvalue weighted by Crippen LogP contribution is -2.35. The summed E-state index contributed by atoms with van der Waals surface area (Å²) in [6.45, 7) is 1.34. The highest BCUT2D eigenvalue weighted by Gasteiger charge is 2.24. The largest absolute Gasteiger partial charge is 0.507 e. The Morgan fingerprint density at radius 1 is 1.37 bits per heavy atom. The number of amides is 1. The van der Waals surface area contributed by atoms with Crippen LogP contribution in [0.5, 0.6) is 5.75 Å². The molecule has 0 fully saturated rings. The predicted octanol–water partition coefficient (Wildman–Crippen LogP) is 3.41. The van der Waals surface area contributed by atoms with Crippen molar-refractivity contribution in [3.8, 4) is 5.75 Å². The first-order chi connectivity index (χ1) is 9.15. The second-order valence-electron chi connectivity index (χ2n) is 4.51. The lowest BCUT2D eigenvalue weighted by Gasteiger charge is -2.27. The fraction of sp³-hybridized carbons (Fsp3) is 0.214. The van der Waals surface area contributed by atoms with E-state index in [9.17, 15) is 9.90 Å². The van der Waals surface area contributed by atoms with Crippen LogP contribution in [-0.4, -0.2) is 22.5 Å². The summed E-state index contributed by atoms with van der Waals surface area (Å²) in [5, 5.41) is 11.9. The van der Waals surface area contributed by atoms with Crippen molar-refractivity contribution < 1.29 is 9.90 Å². The van der Waals surface area contributed by atoms with Gasteiger partial charge in [0.15, 0.2) is 0 Å². The first-order valence-electron chi connectivity index (χ1n) is 5.98. The van der Waals surface area contributed by atoms with E-state index in [0.717, 1.165) is 10.9 Å². The van der Waals surface area contributed by atoms with Crippen molar-refractivity contribution in [1.29, 1.82) is 0 Å². The molecule has 3 rings (SSSR count). The maximum absolute atomic E-state index is 12.4. The maximum atomic E-state index is 12.4. The van der Waals surface area contributed by atoms with E-state index >= 15 is 0 Å². The maximum Gasteiger partial charge on any atom is 0.257 e. The van der Waals surface area contributed by atoms with Gasteiger partial charge in [0, 0.05) is 22.4 Å². The zero-order valence-electron chi connectivity index (χ0n) is 10.1. The van der Waals surface area contributed by atoms with Crippen molar-refractivity contribution in [2.24, 2.45) is 0 Å². The van der Waals surface area contributed by atoms with Crippen molar-refractivity contribution in [3.05, 3.63) is 50.1 Å². The highest BCUT2D eigenvalue weighted by Crippen LogP contribution is 2.28. The summed E-state index contributed by atoms with van der Waals surface area (Å²) >= 11 is 5.02. The van der Waals surface area contributed by atoms with Gasteiger partial charge >= 0.3 is 0 Å². The molecule has 0 bridgehead atoms. The van der Waals surface area contributed by atoms with Crippen LogP contribution in [-0.2, 0) is 13.0 Å². The molecule has 0 saturated carbocycles. The number of carbonyl (C=O) groups excluding carboxylic acids is 1. The summed E-state index contributed by atoms with van der Waals surface area (Å²) in [5.41, 5.74) is 1.59. The number of nitrogens with zero attached hydrogens (tertiary/aromatic N) is 1. The van der Waals surface area contributed by atoms with Crippen molar-refractivity contribution >= 4 is 33.2 Å². The Kier molecular flexibility index (Phi) is 3.33. The molecule has 5 heteroatoms. The molecule has 1 aliphatic heterocycles. The summed E-state index contributed by atoms with van der Waals surface area (Å²) < 4.78 is 0.764. The minimum atomic E-state index is -0.109. The smallest absolute Gasteiger partial charge is 0.257 e. The number of fused-ring (bicyclic) bond motifs is 1. The molecular weight excluding hydrogens is 326 g/mol. The zero-order chi connectivity index (χ0) is 13.4. The number of hydrogen-bond donors (Lipinski definition) is 1. The highest BCUT2D eigenvalue weighted by atomic mass is 79.9. The Bertz CT molecular complexity index is 638. The first-order valence-corrected chi connectivity index (χ1v) is 7.65. The highest BCUT2D eigenvalue weighted by molar-refractivity contribution is 9.10. The van der Waals surface area contributed by atoms with Gasteiger partial charge in [0.25, 0.3) is 5.91 Å². The number of hydrogen-bond acceptors (Lipinski definition) is 3. The van der Waals surface area contributed by atoms with Crippen LogP contribution in [0.4, 0.5) is 0 Å². The molecule has 1 N–H and O–H groups in total. The molecule has 0 radical (unpaired) electrons. The van der Waals surface area contributed by atoms with Gasteiger partial charge in [-0.2, -0.15) is 0 Å². The number of thiophene rings is 1. The fourth-order valence-electron chi connectivity index (χ4n) is 2.28. The van der Waals surface area contributed by atoms with E-state index in [2.05, 4.69) is 27.4 Å². The second-order valence-corrected chi connectivity index (χ2v) is 6.42. The van der Waals surface area contributed by atoms with Crippen molar-refractivity contribution in [2.75, 3.05) is 6.54 Å².